The number of sulfonamides is 1. The number of ether oxygens (including phenoxy) is 2. The number of H-pyrrole nitrogens is 2. The van der Waals surface area contributed by atoms with Gasteiger partial charge >= 0.3 is 0 Å². The van der Waals surface area contributed by atoms with Crippen molar-refractivity contribution in [2.75, 3.05) is 58.4 Å². The van der Waals surface area contributed by atoms with Gasteiger partial charge in [-0.1, -0.05) is 68.3 Å². The van der Waals surface area contributed by atoms with Crippen molar-refractivity contribution in [2.45, 2.75) is 152 Å². The number of hydrogen-bond acceptors (Lipinski definition) is 18. The Morgan fingerprint density at radius 1 is 0.722 bits per heavy atom. The van der Waals surface area contributed by atoms with Gasteiger partial charge in [-0.05, 0) is 68.6 Å². The zero-order valence-electron chi connectivity index (χ0n) is 54.3. The lowest BCUT2D eigenvalue weighted by Crippen LogP contribution is -2.61. The number of para-hydroxylation sites is 1. The minimum absolute atomic E-state index is 0.0145. The third-order valence-electron chi connectivity index (χ3n) is 15.4. The number of primary sulfonamides is 1. The number of unbranched alkanes of at least 4 members (excludes halogenated alkanes) is 1. The van der Waals surface area contributed by atoms with E-state index in [1.165, 1.54) is 12.5 Å². The average Bonchev–Trinajstić information content (AvgIpc) is 1.74. The van der Waals surface area contributed by atoms with E-state index < -0.39 is 131 Å². The molecular formula is C62H93N19O15S. The minimum Gasteiger partial charge on any atom is -0.377 e. The van der Waals surface area contributed by atoms with Crippen LogP contribution in [0, 0.1) is 0 Å². The Labute approximate surface area is 561 Å². The number of amides is 11. The van der Waals surface area contributed by atoms with E-state index in [-0.39, 0.29) is 141 Å². The van der Waals surface area contributed by atoms with Gasteiger partial charge in [-0.2, -0.15) is 0 Å². The molecule has 2 aromatic heterocycles. The normalized spacial score (nSPS) is 19.6. The highest BCUT2D eigenvalue weighted by Gasteiger charge is 2.36. The minimum atomic E-state index is -3.69. The summed E-state index contributed by atoms with van der Waals surface area (Å²) in [5.74, 6) is -9.24. The largest absolute Gasteiger partial charge is 0.377 e. The number of hydrogen-bond donors (Lipinski definition) is 17. The Kier molecular flexibility index (Phi) is 33.3. The number of primary amides is 1. The molecule has 11 amide bonds. The van der Waals surface area contributed by atoms with E-state index in [1.807, 2.05) is 25.1 Å². The van der Waals surface area contributed by atoms with Gasteiger partial charge in [0, 0.05) is 87.3 Å². The van der Waals surface area contributed by atoms with Crippen molar-refractivity contribution in [2.24, 2.45) is 33.1 Å². The second kappa shape index (κ2) is 41.4. The lowest BCUT2D eigenvalue weighted by molar-refractivity contribution is -0.136. The lowest BCUT2D eigenvalue weighted by Gasteiger charge is -2.28. The molecule has 8 unspecified atom stereocenters. The third-order valence-corrected chi connectivity index (χ3v) is 16.3. The molecule has 1 saturated heterocycles. The van der Waals surface area contributed by atoms with Crippen LogP contribution < -0.4 is 81.2 Å². The first-order chi connectivity index (χ1) is 46.4. The third kappa shape index (κ3) is 29.1. The number of imidazole rings is 1. The van der Waals surface area contributed by atoms with Crippen LogP contribution in [0.25, 0.3) is 10.9 Å². The van der Waals surface area contributed by atoms with Gasteiger partial charge in [0.25, 0.3) is 0 Å². The van der Waals surface area contributed by atoms with Gasteiger partial charge in [0.15, 0.2) is 5.96 Å². The molecule has 34 nitrogen and oxygen atoms in total. The molecule has 0 radical (unpaired) electrons. The van der Waals surface area contributed by atoms with Crippen molar-refractivity contribution in [3.63, 3.8) is 0 Å². The molecule has 5 rings (SSSR count). The van der Waals surface area contributed by atoms with Crippen LogP contribution >= 0.6 is 0 Å². The van der Waals surface area contributed by atoms with Crippen molar-refractivity contribution in [3.05, 3.63) is 90.1 Å². The van der Waals surface area contributed by atoms with Crippen molar-refractivity contribution < 1.29 is 70.6 Å². The van der Waals surface area contributed by atoms with Crippen molar-refractivity contribution in [1.82, 2.24) is 68.1 Å². The second-order valence-electron chi connectivity index (χ2n) is 23.2. The highest BCUT2D eigenvalue weighted by Crippen LogP contribution is 2.20. The molecule has 8 atom stereocenters. The first-order valence-corrected chi connectivity index (χ1v) is 33.9. The van der Waals surface area contributed by atoms with Gasteiger partial charge in [-0.15, -0.1) is 0 Å². The van der Waals surface area contributed by atoms with Crippen LogP contribution in [-0.2, 0) is 91.5 Å². The van der Waals surface area contributed by atoms with Gasteiger partial charge < -0.3 is 95.5 Å². The highest BCUT2D eigenvalue weighted by atomic mass is 32.2. The first kappa shape index (κ1) is 78.1. The quantitative estimate of drug-likeness (QED) is 0.0125. The monoisotopic (exact) mass is 1380 g/mol. The number of carbonyl (C=O) groups excluding carboxylic acids is 11. The van der Waals surface area contributed by atoms with Crippen molar-refractivity contribution >= 4 is 91.9 Å². The molecule has 1 aliphatic heterocycles. The molecule has 4 aromatic rings. The van der Waals surface area contributed by atoms with E-state index in [0.29, 0.717) is 29.7 Å². The summed E-state index contributed by atoms with van der Waals surface area (Å²) in [5, 5.41) is 32.4. The highest BCUT2D eigenvalue weighted by molar-refractivity contribution is 7.89. The number of guanidine groups is 1. The SMILES string of the molecule is CCCCC(NC(=O)C(Cc1cnc[nH]1)NC(=O)COCCOCCNC(=O)CCCS(N)(=O)=O)C(=O)NC1CCC(=O)NCCCCC(C(N)=O)NC(=O)C(Cc2c[nH]c3ccccc23)NC(=O)C(CCCN=C(N)N)NC(=O)C(Cc2ccccc2)NC(=O)C(CN)NC1=O. The predicted molar refractivity (Wildman–Crippen MR) is 356 cm³/mol. The number of fused-ring (bicyclic) bond motifs is 1. The number of aromatic amines is 2. The summed E-state index contributed by atoms with van der Waals surface area (Å²) >= 11 is 0. The molecule has 0 aliphatic carbocycles. The molecule has 35 heteroatoms. The number of aliphatic imine (C=N–C) groups is 1. The lowest BCUT2D eigenvalue weighted by atomic mass is 10.0. The summed E-state index contributed by atoms with van der Waals surface area (Å²) in [5.41, 5.74) is 25.6. The van der Waals surface area contributed by atoms with Crippen LogP contribution in [0.2, 0.25) is 0 Å². The fraction of sp³-hybridized carbons (Fsp3) is 0.532. The van der Waals surface area contributed by atoms with Gasteiger partial charge in [-0.25, -0.2) is 18.5 Å². The molecule has 532 valence electrons. The Bertz CT molecular complexity index is 3390. The van der Waals surface area contributed by atoms with E-state index in [4.69, 9.17) is 37.5 Å². The smallest absolute Gasteiger partial charge is 0.246 e. The number of nitrogens with one attached hydrogen (secondary N) is 12. The number of nitrogens with zero attached hydrogens (tertiary/aromatic N) is 2. The molecule has 1 fully saturated rings. The molecule has 0 saturated carbocycles. The van der Waals surface area contributed by atoms with Crippen molar-refractivity contribution in [1.29, 1.82) is 0 Å². The van der Waals surface area contributed by atoms with Crippen LogP contribution in [0.4, 0.5) is 0 Å². The van der Waals surface area contributed by atoms with Gasteiger partial charge in [0.2, 0.25) is 75.0 Å². The number of rotatable bonds is 32. The van der Waals surface area contributed by atoms with Crippen molar-refractivity contribution in [3.8, 4) is 0 Å². The van der Waals surface area contributed by atoms with E-state index >= 15 is 0 Å². The zero-order valence-corrected chi connectivity index (χ0v) is 55.1. The summed E-state index contributed by atoms with van der Waals surface area (Å²) < 4.78 is 33.1. The maximum Gasteiger partial charge on any atom is 0.246 e. The Balaban J connectivity index is 1.37. The van der Waals surface area contributed by atoms with Gasteiger partial charge in [-0.3, -0.25) is 57.7 Å². The van der Waals surface area contributed by atoms with Crippen LogP contribution in [0.3, 0.4) is 0 Å². The van der Waals surface area contributed by atoms with Gasteiger partial charge in [0.05, 0.1) is 31.9 Å². The average molecular weight is 1380 g/mol. The second-order valence-corrected chi connectivity index (χ2v) is 24.9. The molecule has 1 aliphatic rings. The summed E-state index contributed by atoms with van der Waals surface area (Å²) in [4.78, 5) is 167. The standard InChI is InChI=1S/C62H93N19O15S/c1-2-3-16-44(76-60(91)49(32-40-35-68-37-73-40)74-53(84)36-96-28-27-95-26-25-70-51(82)20-12-29-97(67,93)94)55(86)78-46-21-22-52(83)69-23-10-9-18-43(54(64)85)75-59(90)48(31-39-34-72-42-17-8-7-15-41(39)42)80-56(87)45(19-11-24-71-62(65)66)77-58(89)47(30-38-13-5-4-6-14-38)79-61(92)50(33-63)81-57(46)88/h4-8,13-15,17,34-35,37,43-50,72H,2-3,9-12,16,18-33,36,63H2,1H3,(H2,64,85)(H,68,73)(H,69,83)(H,70,82)(H,74,84)(H,75,90)(H,76,91)(H,77,89)(H,78,86)(H,79,92)(H,80,87)(H,81,88)(H4,65,66,71)(H2,67,93,94). The van der Waals surface area contributed by atoms with E-state index in [0.717, 1.165) is 10.9 Å². The van der Waals surface area contributed by atoms with Crippen LogP contribution in [-0.4, -0.2) is 201 Å². The Morgan fingerprint density at radius 2 is 1.40 bits per heavy atom. The molecule has 2 aromatic carbocycles. The topological polar surface area (TPSA) is 548 Å². The summed E-state index contributed by atoms with van der Waals surface area (Å²) in [7, 11) is -3.69. The maximum absolute atomic E-state index is 14.7. The summed E-state index contributed by atoms with van der Waals surface area (Å²) in [6.07, 6.45) is 4.89. The molecule has 97 heavy (non-hydrogen) atoms. The number of benzene rings is 2. The van der Waals surface area contributed by atoms with Crippen LogP contribution in [0.15, 0.2) is 78.3 Å². The Morgan fingerprint density at radius 3 is 2.10 bits per heavy atom. The maximum atomic E-state index is 14.7. The molecule has 22 N–H and O–H groups in total. The fourth-order valence-corrected chi connectivity index (χ4v) is 10.8. The molecular weight excluding hydrogens is 1280 g/mol. The zero-order chi connectivity index (χ0) is 70.7. The number of aromatic nitrogens is 3. The summed E-state index contributed by atoms with van der Waals surface area (Å²) in [6, 6.07) is 4.48. The molecule has 0 spiro atoms. The molecule has 0 bridgehead atoms. The number of carbonyl (C=O) groups is 11. The van der Waals surface area contributed by atoms with E-state index in [1.54, 1.807) is 42.6 Å². The van der Waals surface area contributed by atoms with Crippen LogP contribution in [0.1, 0.15) is 101 Å². The molecule has 3 heterocycles. The Hall–Kier alpha value is -9.58. The number of nitrogens with two attached hydrogens (primary N) is 5. The van der Waals surface area contributed by atoms with E-state index in [2.05, 4.69) is 73.1 Å². The van der Waals surface area contributed by atoms with Crippen LogP contribution in [0.5, 0.6) is 0 Å². The summed E-state index contributed by atoms with van der Waals surface area (Å²) in [6.45, 7) is 1.00. The fourth-order valence-electron chi connectivity index (χ4n) is 10.2. The predicted octanol–water partition coefficient (Wildman–Crippen LogP) is -4.22. The van der Waals surface area contributed by atoms with Gasteiger partial charge in [0.1, 0.15) is 54.9 Å². The first-order valence-electron chi connectivity index (χ1n) is 32.2. The van der Waals surface area contributed by atoms with E-state index in [9.17, 15) is 61.2 Å².